The maximum Gasteiger partial charge on any atom is 0.0989 e. The molecule has 3 aromatic rings. The van der Waals surface area contributed by atoms with Crippen molar-refractivity contribution < 1.29 is 4.42 Å². The van der Waals surface area contributed by atoms with Crippen LogP contribution in [0.25, 0.3) is 21.7 Å². The SMILES string of the molecule is c1ccc(-c2ncsc2-c2ccoc2)cc1. The van der Waals surface area contributed by atoms with Crippen LogP contribution in [0.15, 0.2) is 58.9 Å². The van der Waals surface area contributed by atoms with Gasteiger partial charge in [0.05, 0.1) is 28.6 Å². The van der Waals surface area contributed by atoms with E-state index in [0.29, 0.717) is 0 Å². The average molecular weight is 227 g/mol. The fourth-order valence-corrected chi connectivity index (χ4v) is 2.44. The second kappa shape index (κ2) is 3.94. The maximum atomic E-state index is 5.11. The summed E-state index contributed by atoms with van der Waals surface area (Å²) in [7, 11) is 0. The molecule has 0 saturated heterocycles. The van der Waals surface area contributed by atoms with Gasteiger partial charge in [-0.25, -0.2) is 4.98 Å². The molecular formula is C13H9NOS. The van der Waals surface area contributed by atoms with Crippen molar-refractivity contribution in [3.63, 3.8) is 0 Å². The lowest BCUT2D eigenvalue weighted by atomic mass is 10.1. The number of furan rings is 1. The molecular weight excluding hydrogens is 218 g/mol. The largest absolute Gasteiger partial charge is 0.472 e. The smallest absolute Gasteiger partial charge is 0.0989 e. The number of benzene rings is 1. The summed E-state index contributed by atoms with van der Waals surface area (Å²) in [4.78, 5) is 5.57. The Balaban J connectivity index is 2.14. The van der Waals surface area contributed by atoms with Gasteiger partial charge in [0, 0.05) is 11.1 Å². The van der Waals surface area contributed by atoms with E-state index in [1.54, 1.807) is 23.9 Å². The molecule has 16 heavy (non-hydrogen) atoms. The fraction of sp³-hybridized carbons (Fsp3) is 0. The summed E-state index contributed by atoms with van der Waals surface area (Å²) in [6.07, 6.45) is 3.43. The third kappa shape index (κ3) is 1.55. The minimum Gasteiger partial charge on any atom is -0.472 e. The molecule has 3 rings (SSSR count). The van der Waals surface area contributed by atoms with Crippen molar-refractivity contribution in [2.75, 3.05) is 0 Å². The quantitative estimate of drug-likeness (QED) is 0.659. The predicted octanol–water partition coefficient (Wildman–Crippen LogP) is 4.07. The fourth-order valence-electron chi connectivity index (χ4n) is 1.65. The van der Waals surface area contributed by atoms with Crippen LogP contribution in [0.4, 0.5) is 0 Å². The first kappa shape index (κ1) is 9.36. The van der Waals surface area contributed by atoms with Gasteiger partial charge < -0.3 is 4.42 Å². The first-order valence-corrected chi connectivity index (χ1v) is 5.84. The van der Waals surface area contributed by atoms with Gasteiger partial charge in [-0.05, 0) is 6.07 Å². The summed E-state index contributed by atoms with van der Waals surface area (Å²) in [6.45, 7) is 0. The van der Waals surface area contributed by atoms with Gasteiger partial charge in [0.1, 0.15) is 0 Å². The second-order valence-corrected chi connectivity index (χ2v) is 4.26. The van der Waals surface area contributed by atoms with E-state index < -0.39 is 0 Å². The van der Waals surface area contributed by atoms with Gasteiger partial charge in [-0.2, -0.15) is 0 Å². The zero-order valence-electron chi connectivity index (χ0n) is 8.46. The van der Waals surface area contributed by atoms with Crippen LogP contribution >= 0.6 is 11.3 Å². The number of rotatable bonds is 2. The van der Waals surface area contributed by atoms with Crippen LogP contribution in [0.1, 0.15) is 0 Å². The summed E-state index contributed by atoms with van der Waals surface area (Å²) in [5.74, 6) is 0. The maximum absolute atomic E-state index is 5.11. The lowest BCUT2D eigenvalue weighted by Crippen LogP contribution is -1.79. The topological polar surface area (TPSA) is 26.0 Å². The number of hydrogen-bond donors (Lipinski definition) is 0. The molecule has 1 aromatic carbocycles. The molecule has 3 heteroatoms. The van der Waals surface area contributed by atoms with Crippen molar-refractivity contribution in [3.8, 4) is 21.7 Å². The van der Waals surface area contributed by atoms with E-state index in [1.165, 1.54) is 0 Å². The van der Waals surface area contributed by atoms with Gasteiger partial charge >= 0.3 is 0 Å². The number of nitrogens with zero attached hydrogens (tertiary/aromatic N) is 1. The average Bonchev–Trinajstić information content (AvgIpc) is 3.01. The Morgan fingerprint density at radius 3 is 2.62 bits per heavy atom. The zero-order chi connectivity index (χ0) is 10.8. The van der Waals surface area contributed by atoms with Gasteiger partial charge in [0.2, 0.25) is 0 Å². The Kier molecular flexibility index (Phi) is 2.31. The van der Waals surface area contributed by atoms with E-state index in [1.807, 2.05) is 29.8 Å². The standard InChI is InChI=1S/C13H9NOS/c1-2-4-10(5-3-1)12-13(16-9-14-12)11-6-7-15-8-11/h1-9H. The monoisotopic (exact) mass is 227 g/mol. The highest BCUT2D eigenvalue weighted by Crippen LogP contribution is 2.34. The van der Waals surface area contributed by atoms with Crippen molar-refractivity contribution in [2.45, 2.75) is 0 Å². The van der Waals surface area contributed by atoms with Crippen molar-refractivity contribution in [1.29, 1.82) is 0 Å². The molecule has 0 amide bonds. The molecule has 0 saturated carbocycles. The Morgan fingerprint density at radius 1 is 1.00 bits per heavy atom. The van der Waals surface area contributed by atoms with E-state index in [0.717, 1.165) is 21.7 Å². The highest BCUT2D eigenvalue weighted by atomic mass is 32.1. The Labute approximate surface area is 97.2 Å². The Hall–Kier alpha value is -1.87. The van der Waals surface area contributed by atoms with Crippen molar-refractivity contribution >= 4 is 11.3 Å². The van der Waals surface area contributed by atoms with Crippen LogP contribution in [-0.2, 0) is 0 Å². The van der Waals surface area contributed by atoms with Crippen LogP contribution in [0.5, 0.6) is 0 Å². The lowest BCUT2D eigenvalue weighted by molar-refractivity contribution is 0.568. The van der Waals surface area contributed by atoms with Crippen LogP contribution in [0.2, 0.25) is 0 Å². The molecule has 78 valence electrons. The molecule has 0 bridgehead atoms. The van der Waals surface area contributed by atoms with Crippen molar-refractivity contribution in [2.24, 2.45) is 0 Å². The van der Waals surface area contributed by atoms with E-state index in [4.69, 9.17) is 4.42 Å². The Bertz CT molecular complexity index is 569. The molecule has 0 unspecified atom stereocenters. The molecule has 0 spiro atoms. The van der Waals surface area contributed by atoms with Crippen LogP contribution < -0.4 is 0 Å². The minimum absolute atomic E-state index is 1.02. The summed E-state index contributed by atoms with van der Waals surface area (Å²) in [5.41, 5.74) is 5.11. The van der Waals surface area contributed by atoms with Crippen LogP contribution in [0, 0.1) is 0 Å². The molecule has 0 fully saturated rings. The van der Waals surface area contributed by atoms with Gasteiger partial charge in [-0.1, -0.05) is 30.3 Å². The number of hydrogen-bond acceptors (Lipinski definition) is 3. The summed E-state index contributed by atoms with van der Waals surface area (Å²) in [6, 6.07) is 12.1. The Morgan fingerprint density at radius 2 is 1.88 bits per heavy atom. The first-order chi connectivity index (χ1) is 7.95. The molecule has 0 N–H and O–H groups in total. The summed E-state index contributed by atoms with van der Waals surface area (Å²) < 4.78 is 5.11. The third-order valence-electron chi connectivity index (χ3n) is 2.40. The number of thiazole rings is 1. The van der Waals surface area contributed by atoms with Gasteiger partial charge in [0.25, 0.3) is 0 Å². The van der Waals surface area contributed by atoms with Gasteiger partial charge in [-0.3, -0.25) is 0 Å². The van der Waals surface area contributed by atoms with E-state index >= 15 is 0 Å². The minimum atomic E-state index is 1.02. The van der Waals surface area contributed by atoms with Gasteiger partial charge in [0.15, 0.2) is 0 Å². The van der Waals surface area contributed by atoms with Crippen LogP contribution in [-0.4, -0.2) is 4.98 Å². The first-order valence-electron chi connectivity index (χ1n) is 4.96. The predicted molar refractivity (Wildman–Crippen MR) is 65.3 cm³/mol. The van der Waals surface area contributed by atoms with Crippen molar-refractivity contribution in [1.82, 2.24) is 4.98 Å². The lowest BCUT2D eigenvalue weighted by Gasteiger charge is -1.99. The highest BCUT2D eigenvalue weighted by molar-refractivity contribution is 7.13. The third-order valence-corrected chi connectivity index (χ3v) is 3.27. The molecule has 0 aliphatic heterocycles. The van der Waals surface area contributed by atoms with E-state index in [-0.39, 0.29) is 0 Å². The zero-order valence-corrected chi connectivity index (χ0v) is 9.28. The van der Waals surface area contributed by atoms with E-state index in [9.17, 15) is 0 Å². The molecule has 0 atom stereocenters. The van der Waals surface area contributed by atoms with E-state index in [2.05, 4.69) is 17.1 Å². The molecule has 0 aliphatic rings. The van der Waals surface area contributed by atoms with Crippen LogP contribution in [0.3, 0.4) is 0 Å². The summed E-state index contributed by atoms with van der Waals surface area (Å²) in [5, 5.41) is 0. The van der Waals surface area contributed by atoms with Gasteiger partial charge in [-0.15, -0.1) is 11.3 Å². The molecule has 2 heterocycles. The summed E-state index contributed by atoms with van der Waals surface area (Å²) >= 11 is 1.63. The molecule has 0 aliphatic carbocycles. The molecule has 2 nitrogen and oxygen atoms in total. The molecule has 0 radical (unpaired) electrons. The molecule has 2 aromatic heterocycles. The highest BCUT2D eigenvalue weighted by Gasteiger charge is 2.10. The normalized spacial score (nSPS) is 10.5. The van der Waals surface area contributed by atoms with Crippen molar-refractivity contribution in [3.05, 3.63) is 54.4 Å². The number of aromatic nitrogens is 1. The second-order valence-electron chi connectivity index (χ2n) is 3.41.